The molecule has 0 radical (unpaired) electrons. The average molecular weight is 531 g/mol. The van der Waals surface area contributed by atoms with Crippen molar-refractivity contribution in [2.75, 3.05) is 18.2 Å². The maximum atomic E-state index is 14.8. The third kappa shape index (κ3) is 4.74. The van der Waals surface area contributed by atoms with Crippen LogP contribution in [0.3, 0.4) is 0 Å². The number of anilines is 2. The Labute approximate surface area is 221 Å². The van der Waals surface area contributed by atoms with Crippen molar-refractivity contribution < 1.29 is 18.7 Å². The third-order valence-electron chi connectivity index (χ3n) is 5.76. The summed E-state index contributed by atoms with van der Waals surface area (Å²) in [6.07, 6.45) is 1.38. The van der Waals surface area contributed by atoms with E-state index in [1.807, 2.05) is 0 Å². The van der Waals surface area contributed by atoms with Crippen molar-refractivity contribution in [3.05, 3.63) is 112 Å². The third-order valence-corrected chi connectivity index (χ3v) is 6.14. The average Bonchev–Trinajstić information content (AvgIpc) is 2.92. The van der Waals surface area contributed by atoms with E-state index in [1.54, 1.807) is 48.5 Å². The summed E-state index contributed by atoms with van der Waals surface area (Å²) in [5.41, 5.74) is 6.27. The Morgan fingerprint density at radius 1 is 1.03 bits per heavy atom. The maximum absolute atomic E-state index is 14.8. The van der Waals surface area contributed by atoms with Crippen molar-refractivity contribution in [2.24, 2.45) is 0 Å². The summed E-state index contributed by atoms with van der Waals surface area (Å²) in [5, 5.41) is 3.31. The highest BCUT2D eigenvalue weighted by atomic mass is 35.5. The number of halogens is 2. The Hall–Kier alpha value is -4.89. The summed E-state index contributed by atoms with van der Waals surface area (Å²) in [6, 6.07) is 20.9. The minimum atomic E-state index is -0.762. The fraction of sp³-hybridized carbons (Fsp3) is 0.0357. The van der Waals surface area contributed by atoms with Gasteiger partial charge in [-0.3, -0.25) is 14.2 Å². The molecule has 2 aromatic heterocycles. The van der Waals surface area contributed by atoms with Crippen LogP contribution in [0.25, 0.3) is 16.6 Å². The molecule has 8 nitrogen and oxygen atoms in total. The molecule has 0 unspecified atom stereocenters. The molecular weight excluding hydrogens is 511 g/mol. The molecule has 1 amide bonds. The van der Waals surface area contributed by atoms with Gasteiger partial charge in [0.05, 0.1) is 18.3 Å². The first-order chi connectivity index (χ1) is 18.4. The fourth-order valence-electron chi connectivity index (χ4n) is 3.93. The first-order valence-corrected chi connectivity index (χ1v) is 11.7. The van der Waals surface area contributed by atoms with Crippen molar-refractivity contribution in [1.82, 2.24) is 9.55 Å². The molecule has 0 aliphatic carbocycles. The van der Waals surface area contributed by atoms with Crippen molar-refractivity contribution in [1.29, 1.82) is 0 Å². The van der Waals surface area contributed by atoms with Gasteiger partial charge in [-0.25, -0.2) is 9.37 Å². The predicted molar refractivity (Wildman–Crippen MR) is 144 cm³/mol. The number of nitrogens with one attached hydrogen (secondary N) is 1. The molecule has 0 saturated heterocycles. The maximum Gasteiger partial charge on any atom is 0.268 e. The van der Waals surface area contributed by atoms with Gasteiger partial charge in [0.15, 0.2) is 17.3 Å². The number of methoxy groups -OCH3 is 1. The number of carbonyl (C=O) groups excluding carboxylic acids is 1. The van der Waals surface area contributed by atoms with E-state index in [0.29, 0.717) is 22.3 Å². The highest BCUT2D eigenvalue weighted by Gasteiger charge is 2.18. The molecule has 5 rings (SSSR count). The number of pyridine rings is 2. The smallest absolute Gasteiger partial charge is 0.268 e. The van der Waals surface area contributed by atoms with E-state index in [4.69, 9.17) is 26.8 Å². The Morgan fingerprint density at radius 2 is 1.84 bits per heavy atom. The number of nitrogens with zero attached hydrogens (tertiary/aromatic N) is 2. The summed E-state index contributed by atoms with van der Waals surface area (Å²) < 4.78 is 27.1. The van der Waals surface area contributed by atoms with Crippen LogP contribution in [-0.4, -0.2) is 22.6 Å². The van der Waals surface area contributed by atoms with Crippen molar-refractivity contribution >= 4 is 39.9 Å². The molecule has 3 aromatic carbocycles. The molecule has 0 saturated carbocycles. The first kappa shape index (κ1) is 24.8. The Morgan fingerprint density at radius 3 is 2.63 bits per heavy atom. The Bertz CT molecular complexity index is 1760. The van der Waals surface area contributed by atoms with E-state index in [0.717, 1.165) is 6.07 Å². The number of ether oxygens (including phenoxy) is 2. The van der Waals surface area contributed by atoms with Crippen LogP contribution in [0.15, 0.2) is 89.9 Å². The lowest BCUT2D eigenvalue weighted by atomic mass is 10.1. The minimum absolute atomic E-state index is 0.0449. The number of benzene rings is 3. The monoisotopic (exact) mass is 530 g/mol. The summed E-state index contributed by atoms with van der Waals surface area (Å²) in [5.74, 6) is -0.868. The van der Waals surface area contributed by atoms with Crippen molar-refractivity contribution in [2.45, 2.75) is 0 Å². The standard InChI is InChI=1S/C28H20ClFN4O4/c1-37-19-7-4-6-18(15-19)34-22-8-3-2-5-16(22)13-20(28(34)36)27(35)33-17-9-10-23(21(30)14-17)38-24-11-12-32-26(31)25(24)29/h2-15H,1H3,(H2,31,32)(H,33,35). The van der Waals surface area contributed by atoms with Gasteiger partial charge in [-0.15, -0.1) is 0 Å². The van der Waals surface area contributed by atoms with E-state index >= 15 is 0 Å². The zero-order valence-electron chi connectivity index (χ0n) is 19.9. The van der Waals surface area contributed by atoms with Gasteiger partial charge in [-0.1, -0.05) is 35.9 Å². The molecule has 0 aliphatic rings. The van der Waals surface area contributed by atoms with E-state index in [1.165, 1.54) is 42.1 Å². The quantitative estimate of drug-likeness (QED) is 0.286. The number of nitrogen functional groups attached to an aromatic ring is 1. The van der Waals surface area contributed by atoms with Crippen LogP contribution < -0.4 is 26.1 Å². The molecule has 38 heavy (non-hydrogen) atoms. The molecule has 3 N–H and O–H groups in total. The van der Waals surface area contributed by atoms with Crippen LogP contribution in [-0.2, 0) is 0 Å². The van der Waals surface area contributed by atoms with Crippen molar-refractivity contribution in [3.8, 4) is 22.9 Å². The minimum Gasteiger partial charge on any atom is -0.497 e. The number of nitrogens with two attached hydrogens (primary N) is 1. The molecule has 0 fully saturated rings. The zero-order chi connectivity index (χ0) is 26.8. The first-order valence-electron chi connectivity index (χ1n) is 11.3. The van der Waals surface area contributed by atoms with Crippen LogP contribution in [0, 0.1) is 5.82 Å². The fourth-order valence-corrected chi connectivity index (χ4v) is 4.08. The summed E-state index contributed by atoms with van der Waals surface area (Å²) >= 11 is 6.06. The topological polar surface area (TPSA) is 108 Å². The largest absolute Gasteiger partial charge is 0.497 e. The van der Waals surface area contributed by atoms with E-state index < -0.39 is 17.3 Å². The second-order valence-corrected chi connectivity index (χ2v) is 8.55. The molecule has 5 aromatic rings. The Balaban J connectivity index is 1.48. The van der Waals surface area contributed by atoms with Crippen LogP contribution in [0.5, 0.6) is 17.2 Å². The van der Waals surface area contributed by atoms with E-state index in [9.17, 15) is 14.0 Å². The number of fused-ring (bicyclic) bond motifs is 1. The molecule has 2 heterocycles. The van der Waals surface area contributed by atoms with Crippen LogP contribution in [0.4, 0.5) is 15.9 Å². The van der Waals surface area contributed by atoms with Gasteiger partial charge in [0.25, 0.3) is 11.5 Å². The van der Waals surface area contributed by atoms with Gasteiger partial charge in [0, 0.05) is 30.1 Å². The molecular formula is C28H20ClFN4O4. The number of amides is 1. The lowest BCUT2D eigenvalue weighted by molar-refractivity contribution is 0.102. The zero-order valence-corrected chi connectivity index (χ0v) is 20.7. The predicted octanol–water partition coefficient (Wildman–Crippen LogP) is 5.81. The lowest BCUT2D eigenvalue weighted by Gasteiger charge is -2.14. The highest BCUT2D eigenvalue weighted by Crippen LogP contribution is 2.34. The van der Waals surface area contributed by atoms with Gasteiger partial charge in [0.1, 0.15) is 22.2 Å². The van der Waals surface area contributed by atoms with Crippen molar-refractivity contribution in [3.63, 3.8) is 0 Å². The van der Waals surface area contributed by atoms with Gasteiger partial charge < -0.3 is 20.5 Å². The number of hydrogen-bond donors (Lipinski definition) is 2. The van der Waals surface area contributed by atoms with Crippen LogP contribution in [0.1, 0.15) is 10.4 Å². The molecule has 190 valence electrons. The van der Waals surface area contributed by atoms with E-state index in [2.05, 4.69) is 10.3 Å². The number of rotatable bonds is 6. The highest BCUT2D eigenvalue weighted by molar-refractivity contribution is 6.34. The Kier molecular flexibility index (Phi) is 6.68. The second-order valence-electron chi connectivity index (χ2n) is 8.17. The van der Waals surface area contributed by atoms with Gasteiger partial charge >= 0.3 is 0 Å². The number of carbonyl (C=O) groups is 1. The summed E-state index contributed by atoms with van der Waals surface area (Å²) in [7, 11) is 1.53. The summed E-state index contributed by atoms with van der Waals surface area (Å²) in [4.78, 5) is 30.6. The van der Waals surface area contributed by atoms with Gasteiger partial charge in [0.2, 0.25) is 0 Å². The van der Waals surface area contributed by atoms with Gasteiger partial charge in [-0.05, 0) is 41.8 Å². The number of aromatic nitrogens is 2. The lowest BCUT2D eigenvalue weighted by Crippen LogP contribution is -2.28. The molecule has 0 atom stereocenters. The second kappa shape index (κ2) is 10.2. The van der Waals surface area contributed by atoms with Crippen LogP contribution in [0.2, 0.25) is 5.02 Å². The van der Waals surface area contributed by atoms with Crippen LogP contribution >= 0.6 is 11.6 Å². The van der Waals surface area contributed by atoms with Gasteiger partial charge in [-0.2, -0.15) is 0 Å². The number of hydrogen-bond acceptors (Lipinski definition) is 6. The normalized spacial score (nSPS) is 10.8. The molecule has 0 aliphatic heterocycles. The SMILES string of the molecule is COc1cccc(-n2c(=O)c(C(=O)Nc3ccc(Oc4ccnc(N)c4Cl)c(F)c3)cc3ccccc32)c1. The molecule has 0 bridgehead atoms. The summed E-state index contributed by atoms with van der Waals surface area (Å²) in [6.45, 7) is 0. The van der Waals surface area contributed by atoms with E-state index in [-0.39, 0.29) is 33.6 Å². The molecule has 0 spiro atoms. The number of para-hydroxylation sites is 1. The molecule has 10 heteroatoms.